The Hall–Kier alpha value is -2.60. The largest absolute Gasteiger partial charge is 0.469 e. The highest BCUT2D eigenvalue weighted by atomic mass is 16.5. The maximum absolute atomic E-state index is 11.9. The first-order valence-corrected chi connectivity index (χ1v) is 10.5. The molecule has 1 spiro atoms. The summed E-state index contributed by atoms with van der Waals surface area (Å²) < 4.78 is 4.94. The van der Waals surface area contributed by atoms with Crippen LogP contribution in [0.3, 0.4) is 0 Å². The number of carbonyl (C=O) groups is 1. The highest BCUT2D eigenvalue weighted by Gasteiger charge is 2.44. The van der Waals surface area contributed by atoms with Gasteiger partial charge in [0, 0.05) is 56.1 Å². The summed E-state index contributed by atoms with van der Waals surface area (Å²) in [7, 11) is 1.46. The second-order valence-electron chi connectivity index (χ2n) is 8.64. The molecule has 0 radical (unpaired) electrons. The first kappa shape index (κ1) is 18.4. The third-order valence-electron chi connectivity index (χ3n) is 6.91. The minimum absolute atomic E-state index is 0.0285. The van der Waals surface area contributed by atoms with Crippen molar-refractivity contribution in [2.45, 2.75) is 18.9 Å². The molecule has 6 nitrogen and oxygen atoms in total. The Labute approximate surface area is 171 Å². The van der Waals surface area contributed by atoms with Crippen molar-refractivity contribution in [3.05, 3.63) is 54.2 Å². The van der Waals surface area contributed by atoms with Crippen LogP contribution in [0.1, 0.15) is 24.4 Å². The number of para-hydroxylation sites is 1. The summed E-state index contributed by atoms with van der Waals surface area (Å²) in [6, 6.07) is 14.9. The predicted molar refractivity (Wildman–Crippen MR) is 113 cm³/mol. The van der Waals surface area contributed by atoms with Crippen LogP contribution in [0.25, 0.3) is 0 Å². The summed E-state index contributed by atoms with van der Waals surface area (Å²) in [5.74, 6) is 0.781. The standard InChI is InChI=1S/C23H28N4O2/c1-29-22(28)19-14-25-21(19)17-7-10-24-20(13-17)27-12-9-23(16-27)8-11-26(15-23)18-5-3-2-4-6-18/h2-7,10,13,19,21,25H,8-9,11-12,14-16H2,1H3. The second kappa shape index (κ2) is 7.34. The second-order valence-corrected chi connectivity index (χ2v) is 8.64. The van der Waals surface area contributed by atoms with Crippen LogP contribution in [0.4, 0.5) is 11.5 Å². The van der Waals surface area contributed by atoms with Gasteiger partial charge in [-0.25, -0.2) is 4.98 Å². The van der Waals surface area contributed by atoms with Crippen molar-refractivity contribution in [3.63, 3.8) is 0 Å². The highest BCUT2D eigenvalue weighted by Crippen LogP contribution is 2.42. The van der Waals surface area contributed by atoms with Gasteiger partial charge in [0.25, 0.3) is 0 Å². The Balaban J connectivity index is 1.28. The third kappa shape index (κ3) is 3.35. The van der Waals surface area contributed by atoms with Crippen LogP contribution in [-0.2, 0) is 9.53 Å². The average molecular weight is 393 g/mol. The summed E-state index contributed by atoms with van der Waals surface area (Å²) in [5.41, 5.74) is 2.79. The summed E-state index contributed by atoms with van der Waals surface area (Å²) in [6.07, 6.45) is 4.30. The number of carbonyl (C=O) groups excluding carboxylic acids is 1. The number of hydrogen-bond donors (Lipinski definition) is 1. The van der Waals surface area contributed by atoms with Gasteiger partial charge in [-0.3, -0.25) is 4.79 Å². The van der Waals surface area contributed by atoms with Gasteiger partial charge in [0.1, 0.15) is 5.82 Å². The minimum atomic E-state index is -0.140. The van der Waals surface area contributed by atoms with Crippen LogP contribution in [-0.4, -0.2) is 50.8 Å². The van der Waals surface area contributed by atoms with Crippen molar-refractivity contribution in [1.29, 1.82) is 0 Å². The lowest BCUT2D eigenvalue weighted by Gasteiger charge is -2.36. The first-order valence-electron chi connectivity index (χ1n) is 10.5. The zero-order chi connectivity index (χ0) is 19.8. The van der Waals surface area contributed by atoms with E-state index in [0.29, 0.717) is 12.0 Å². The van der Waals surface area contributed by atoms with Crippen molar-refractivity contribution < 1.29 is 9.53 Å². The molecule has 2 aromatic rings. The van der Waals surface area contributed by atoms with Gasteiger partial charge in [0.15, 0.2) is 0 Å². The smallest absolute Gasteiger partial charge is 0.311 e. The molecule has 1 N–H and O–H groups in total. The molecule has 5 rings (SSSR count). The van der Waals surface area contributed by atoms with Gasteiger partial charge in [-0.15, -0.1) is 0 Å². The van der Waals surface area contributed by atoms with Crippen LogP contribution in [0, 0.1) is 11.3 Å². The number of esters is 1. The van der Waals surface area contributed by atoms with Crippen molar-refractivity contribution >= 4 is 17.5 Å². The quantitative estimate of drug-likeness (QED) is 0.808. The summed E-state index contributed by atoms with van der Waals surface area (Å²) in [5, 5.41) is 3.36. The Bertz CT molecular complexity index is 889. The number of aromatic nitrogens is 1. The van der Waals surface area contributed by atoms with E-state index in [1.165, 1.54) is 25.6 Å². The Morgan fingerprint density at radius 2 is 1.90 bits per heavy atom. The monoisotopic (exact) mass is 392 g/mol. The number of ether oxygens (including phenoxy) is 1. The van der Waals surface area contributed by atoms with Crippen LogP contribution in [0.15, 0.2) is 48.7 Å². The van der Waals surface area contributed by atoms with E-state index in [4.69, 9.17) is 4.74 Å². The number of rotatable bonds is 4. The zero-order valence-electron chi connectivity index (χ0n) is 16.9. The fourth-order valence-corrected chi connectivity index (χ4v) is 5.13. The molecular formula is C23H28N4O2. The molecule has 0 saturated carbocycles. The Kier molecular flexibility index (Phi) is 4.66. The topological polar surface area (TPSA) is 57.7 Å². The molecule has 3 aliphatic rings. The fraction of sp³-hybridized carbons (Fsp3) is 0.478. The number of methoxy groups -OCH3 is 1. The molecule has 0 amide bonds. The Morgan fingerprint density at radius 3 is 2.62 bits per heavy atom. The summed E-state index contributed by atoms with van der Waals surface area (Å²) in [6.45, 7) is 5.00. The average Bonchev–Trinajstić information content (AvgIpc) is 3.35. The lowest BCUT2D eigenvalue weighted by molar-refractivity contribution is -0.149. The van der Waals surface area contributed by atoms with E-state index in [9.17, 15) is 4.79 Å². The maximum atomic E-state index is 11.9. The molecule has 3 fully saturated rings. The zero-order valence-corrected chi connectivity index (χ0v) is 16.9. The van der Waals surface area contributed by atoms with Crippen LogP contribution < -0.4 is 15.1 Å². The lowest BCUT2D eigenvalue weighted by atomic mass is 9.86. The van der Waals surface area contributed by atoms with E-state index in [0.717, 1.165) is 37.6 Å². The molecule has 3 aliphatic heterocycles. The molecule has 1 aromatic carbocycles. The van der Waals surface area contributed by atoms with Gasteiger partial charge in [-0.05, 0) is 42.7 Å². The van der Waals surface area contributed by atoms with Crippen molar-refractivity contribution in [3.8, 4) is 0 Å². The number of benzene rings is 1. The SMILES string of the molecule is COC(=O)C1CNC1c1ccnc(N2CCC3(CCN(c4ccccc4)C3)C2)c1. The molecule has 1 aromatic heterocycles. The van der Waals surface area contributed by atoms with Gasteiger partial charge < -0.3 is 19.9 Å². The van der Waals surface area contributed by atoms with E-state index in [1.54, 1.807) is 0 Å². The molecule has 3 unspecified atom stereocenters. The maximum Gasteiger partial charge on any atom is 0.311 e. The van der Waals surface area contributed by atoms with Crippen molar-refractivity contribution in [2.75, 3.05) is 49.6 Å². The minimum Gasteiger partial charge on any atom is -0.469 e. The number of anilines is 2. The number of nitrogens with one attached hydrogen (secondary N) is 1. The molecule has 0 aliphatic carbocycles. The molecular weight excluding hydrogens is 364 g/mol. The lowest BCUT2D eigenvalue weighted by Crippen LogP contribution is -2.50. The van der Waals surface area contributed by atoms with Gasteiger partial charge >= 0.3 is 5.97 Å². The molecule has 3 saturated heterocycles. The number of pyridine rings is 1. The van der Waals surface area contributed by atoms with Crippen molar-refractivity contribution in [2.24, 2.45) is 11.3 Å². The van der Waals surface area contributed by atoms with Crippen LogP contribution >= 0.6 is 0 Å². The normalized spacial score (nSPS) is 28.6. The van der Waals surface area contributed by atoms with Gasteiger partial charge in [-0.1, -0.05) is 18.2 Å². The van der Waals surface area contributed by atoms with E-state index >= 15 is 0 Å². The van der Waals surface area contributed by atoms with Gasteiger partial charge in [-0.2, -0.15) is 0 Å². The van der Waals surface area contributed by atoms with E-state index in [-0.39, 0.29) is 17.9 Å². The third-order valence-corrected chi connectivity index (χ3v) is 6.91. The number of hydrogen-bond acceptors (Lipinski definition) is 6. The molecule has 6 heteroatoms. The predicted octanol–water partition coefficient (Wildman–Crippen LogP) is 2.62. The van der Waals surface area contributed by atoms with Gasteiger partial charge in [0.05, 0.1) is 13.0 Å². The van der Waals surface area contributed by atoms with E-state index in [2.05, 4.69) is 56.5 Å². The molecule has 0 bridgehead atoms. The molecule has 29 heavy (non-hydrogen) atoms. The first-order chi connectivity index (χ1) is 14.2. The number of nitrogens with zero attached hydrogens (tertiary/aromatic N) is 3. The molecule has 3 atom stereocenters. The van der Waals surface area contributed by atoms with E-state index < -0.39 is 0 Å². The molecule has 152 valence electrons. The Morgan fingerprint density at radius 1 is 1.14 bits per heavy atom. The molecule has 4 heterocycles. The summed E-state index contributed by atoms with van der Waals surface area (Å²) in [4.78, 5) is 21.5. The fourth-order valence-electron chi connectivity index (χ4n) is 5.13. The van der Waals surface area contributed by atoms with Crippen LogP contribution in [0.2, 0.25) is 0 Å². The van der Waals surface area contributed by atoms with Crippen molar-refractivity contribution in [1.82, 2.24) is 10.3 Å². The highest BCUT2D eigenvalue weighted by molar-refractivity contribution is 5.75. The van der Waals surface area contributed by atoms with E-state index in [1.807, 2.05) is 12.3 Å². The van der Waals surface area contributed by atoms with Crippen LogP contribution in [0.5, 0.6) is 0 Å². The van der Waals surface area contributed by atoms with Gasteiger partial charge in [0.2, 0.25) is 0 Å². The summed E-state index contributed by atoms with van der Waals surface area (Å²) >= 11 is 0.